The van der Waals surface area contributed by atoms with Gasteiger partial charge in [0.25, 0.3) is 5.69 Å². The quantitative estimate of drug-likeness (QED) is 0.474. The molecule has 110 valence electrons. The zero-order valence-corrected chi connectivity index (χ0v) is 12.1. The number of benzene rings is 1. The summed E-state index contributed by atoms with van der Waals surface area (Å²) in [5.74, 6) is -0.223. The highest BCUT2D eigenvalue weighted by atomic mass is 16.6. The zero-order chi connectivity index (χ0) is 15.5. The normalized spacial score (nSPS) is 13.9. The summed E-state index contributed by atoms with van der Waals surface area (Å²) < 4.78 is 0. The molecule has 0 bridgehead atoms. The second kappa shape index (κ2) is 6.00. The predicted octanol–water partition coefficient (Wildman–Crippen LogP) is 2.62. The van der Waals surface area contributed by atoms with Crippen LogP contribution in [0.5, 0.6) is 0 Å². The molecule has 1 rings (SSSR count). The molecule has 0 amide bonds. The maximum Gasteiger partial charge on any atom is 0.293 e. The van der Waals surface area contributed by atoms with Crippen LogP contribution in [-0.2, 0) is 0 Å². The lowest BCUT2D eigenvalue weighted by molar-refractivity contribution is -0.384. The lowest BCUT2D eigenvalue weighted by atomic mass is 9.92. The highest BCUT2D eigenvalue weighted by Crippen LogP contribution is 2.27. The van der Waals surface area contributed by atoms with E-state index in [4.69, 9.17) is 0 Å². The van der Waals surface area contributed by atoms with Gasteiger partial charge in [-0.25, -0.2) is 0 Å². The van der Waals surface area contributed by atoms with E-state index in [2.05, 4.69) is 5.32 Å². The second-order valence-corrected chi connectivity index (χ2v) is 5.41. The molecule has 0 spiro atoms. The molecule has 1 atom stereocenters. The molecule has 20 heavy (non-hydrogen) atoms. The van der Waals surface area contributed by atoms with Crippen molar-refractivity contribution in [2.45, 2.75) is 33.3 Å². The lowest BCUT2D eigenvalue weighted by Crippen LogP contribution is -2.38. The van der Waals surface area contributed by atoms with Crippen LogP contribution in [0.25, 0.3) is 0 Å². The van der Waals surface area contributed by atoms with Crippen LogP contribution in [0, 0.1) is 16.0 Å². The van der Waals surface area contributed by atoms with Gasteiger partial charge in [0.2, 0.25) is 0 Å². The van der Waals surface area contributed by atoms with Gasteiger partial charge < -0.3 is 10.4 Å². The van der Waals surface area contributed by atoms with E-state index in [0.717, 1.165) is 0 Å². The number of aliphatic hydroxyl groups is 1. The highest BCUT2D eigenvalue weighted by Gasteiger charge is 2.26. The Balaban J connectivity index is 3.01. The van der Waals surface area contributed by atoms with Crippen LogP contribution in [0.4, 0.5) is 11.4 Å². The molecule has 0 radical (unpaired) electrons. The van der Waals surface area contributed by atoms with Crippen LogP contribution >= 0.6 is 0 Å². The molecule has 1 aromatic rings. The Kier molecular flexibility index (Phi) is 4.83. The molecule has 6 nitrogen and oxygen atoms in total. The molecule has 0 aliphatic heterocycles. The van der Waals surface area contributed by atoms with Gasteiger partial charge in [-0.3, -0.25) is 14.9 Å². The van der Waals surface area contributed by atoms with Crippen LogP contribution in [0.1, 0.15) is 38.1 Å². The van der Waals surface area contributed by atoms with E-state index in [1.807, 2.05) is 13.8 Å². The fourth-order valence-corrected chi connectivity index (χ4v) is 1.53. The smallest absolute Gasteiger partial charge is 0.293 e. The molecule has 0 aliphatic rings. The van der Waals surface area contributed by atoms with E-state index < -0.39 is 10.5 Å². The molecule has 0 saturated heterocycles. The first-order chi connectivity index (χ1) is 9.15. The standard InChI is InChI=1S/C14H20N2O4/c1-9(2)14(4,18)8-15-12-6-5-11(10(3)17)7-13(12)16(19)20/h5-7,9,15,18H,8H2,1-4H3. The van der Waals surface area contributed by atoms with Crippen LogP contribution in [0.15, 0.2) is 18.2 Å². The first-order valence-electron chi connectivity index (χ1n) is 6.41. The van der Waals surface area contributed by atoms with E-state index >= 15 is 0 Å². The molecule has 6 heteroatoms. The van der Waals surface area contributed by atoms with Gasteiger partial charge in [0.15, 0.2) is 5.78 Å². The summed E-state index contributed by atoms with van der Waals surface area (Å²) >= 11 is 0. The number of hydrogen-bond acceptors (Lipinski definition) is 5. The summed E-state index contributed by atoms with van der Waals surface area (Å²) in [6.07, 6.45) is 0. The number of ketones is 1. The van der Waals surface area contributed by atoms with Crippen molar-refractivity contribution in [2.75, 3.05) is 11.9 Å². The summed E-state index contributed by atoms with van der Waals surface area (Å²) in [5, 5.41) is 24.1. The Morgan fingerprint density at radius 1 is 1.50 bits per heavy atom. The number of anilines is 1. The number of nitro groups is 1. The maximum absolute atomic E-state index is 11.3. The van der Waals surface area contributed by atoms with Gasteiger partial charge in [0, 0.05) is 18.2 Å². The summed E-state index contributed by atoms with van der Waals surface area (Å²) in [6.45, 7) is 6.95. The SMILES string of the molecule is CC(=O)c1ccc(NCC(C)(O)C(C)C)c([N+](=O)[O-])c1. The van der Waals surface area contributed by atoms with Crippen LogP contribution in [0.2, 0.25) is 0 Å². The maximum atomic E-state index is 11.3. The van der Waals surface area contributed by atoms with Crippen LogP contribution in [-0.4, -0.2) is 28.0 Å². The first kappa shape index (κ1) is 16.1. The van der Waals surface area contributed by atoms with Gasteiger partial charge in [-0.15, -0.1) is 0 Å². The van der Waals surface area contributed by atoms with Crippen molar-refractivity contribution in [1.29, 1.82) is 0 Å². The minimum atomic E-state index is -0.979. The monoisotopic (exact) mass is 280 g/mol. The molecular formula is C14H20N2O4. The van der Waals surface area contributed by atoms with Crippen LogP contribution in [0.3, 0.4) is 0 Å². The molecule has 0 fully saturated rings. The van der Waals surface area contributed by atoms with Crippen molar-refractivity contribution in [3.8, 4) is 0 Å². The van der Waals surface area contributed by atoms with Crippen molar-refractivity contribution in [2.24, 2.45) is 5.92 Å². The van der Waals surface area contributed by atoms with E-state index in [0.29, 0.717) is 5.69 Å². The van der Waals surface area contributed by atoms with E-state index in [9.17, 15) is 20.0 Å². The number of carbonyl (C=O) groups excluding carboxylic acids is 1. The average Bonchev–Trinajstić information content (AvgIpc) is 2.35. The van der Waals surface area contributed by atoms with Gasteiger partial charge in [0.1, 0.15) is 5.69 Å². The van der Waals surface area contributed by atoms with E-state index in [1.165, 1.54) is 25.1 Å². The Labute approximate surface area is 118 Å². The third-order valence-electron chi connectivity index (χ3n) is 3.48. The largest absolute Gasteiger partial charge is 0.388 e. The van der Waals surface area contributed by atoms with Crippen molar-refractivity contribution < 1.29 is 14.8 Å². The molecule has 0 aromatic heterocycles. The Morgan fingerprint density at radius 2 is 2.10 bits per heavy atom. The number of rotatable bonds is 6. The minimum absolute atomic E-state index is 0.00514. The average molecular weight is 280 g/mol. The van der Waals surface area contributed by atoms with Gasteiger partial charge in [-0.2, -0.15) is 0 Å². The Hall–Kier alpha value is -1.95. The molecule has 1 aromatic carbocycles. The second-order valence-electron chi connectivity index (χ2n) is 5.41. The molecule has 2 N–H and O–H groups in total. The van der Waals surface area contributed by atoms with Gasteiger partial charge in [-0.1, -0.05) is 13.8 Å². The van der Waals surface area contributed by atoms with Crippen molar-refractivity contribution in [1.82, 2.24) is 0 Å². The summed E-state index contributed by atoms with van der Waals surface area (Å²) in [4.78, 5) is 21.8. The molecular weight excluding hydrogens is 260 g/mol. The molecule has 0 heterocycles. The number of hydrogen-bond donors (Lipinski definition) is 2. The summed E-state index contributed by atoms with van der Waals surface area (Å²) in [5.41, 5.74) is -0.566. The summed E-state index contributed by atoms with van der Waals surface area (Å²) in [6, 6.07) is 4.27. The number of Topliss-reactive ketones (excluding diaryl/α,β-unsaturated/α-hetero) is 1. The molecule has 1 unspecified atom stereocenters. The number of carbonyl (C=O) groups is 1. The minimum Gasteiger partial charge on any atom is -0.388 e. The van der Waals surface area contributed by atoms with Crippen molar-refractivity contribution in [3.63, 3.8) is 0 Å². The molecule has 0 aliphatic carbocycles. The Morgan fingerprint density at radius 3 is 2.55 bits per heavy atom. The summed E-state index contributed by atoms with van der Waals surface area (Å²) in [7, 11) is 0. The fraction of sp³-hybridized carbons (Fsp3) is 0.500. The third kappa shape index (κ3) is 3.77. The zero-order valence-electron chi connectivity index (χ0n) is 12.1. The van der Waals surface area contributed by atoms with E-state index in [1.54, 1.807) is 6.92 Å². The van der Waals surface area contributed by atoms with Gasteiger partial charge >= 0.3 is 0 Å². The number of nitrogens with one attached hydrogen (secondary N) is 1. The lowest BCUT2D eigenvalue weighted by Gasteiger charge is -2.28. The number of nitrogens with zero attached hydrogens (tertiary/aromatic N) is 1. The fourth-order valence-electron chi connectivity index (χ4n) is 1.53. The highest BCUT2D eigenvalue weighted by molar-refractivity contribution is 5.95. The topological polar surface area (TPSA) is 92.5 Å². The van der Waals surface area contributed by atoms with E-state index in [-0.39, 0.29) is 29.5 Å². The number of nitro benzene ring substituents is 1. The predicted molar refractivity (Wildman–Crippen MR) is 77.1 cm³/mol. The Bertz CT molecular complexity index is 524. The van der Waals surface area contributed by atoms with Crippen molar-refractivity contribution >= 4 is 17.2 Å². The third-order valence-corrected chi connectivity index (χ3v) is 3.48. The molecule has 0 saturated carbocycles. The first-order valence-corrected chi connectivity index (χ1v) is 6.41. The van der Waals surface area contributed by atoms with Crippen molar-refractivity contribution in [3.05, 3.63) is 33.9 Å². The van der Waals surface area contributed by atoms with Gasteiger partial charge in [0.05, 0.1) is 10.5 Å². The van der Waals surface area contributed by atoms with Crippen LogP contribution < -0.4 is 5.32 Å². The van der Waals surface area contributed by atoms with Gasteiger partial charge in [-0.05, 0) is 31.9 Å².